The monoisotopic (exact) mass is 515 g/mol. The van der Waals surface area contributed by atoms with Crippen LogP contribution in [0.3, 0.4) is 0 Å². The van der Waals surface area contributed by atoms with Crippen molar-refractivity contribution in [2.45, 2.75) is 46.3 Å². The van der Waals surface area contributed by atoms with Gasteiger partial charge in [-0.1, -0.05) is 18.2 Å². The minimum atomic E-state index is -0.197. The second-order valence-corrected chi connectivity index (χ2v) is 9.56. The number of nitrogens with one attached hydrogen (secondary N) is 2. The zero-order chi connectivity index (χ0) is 27.2. The molecule has 4 rings (SSSR count). The molecule has 9 nitrogen and oxygen atoms in total. The smallest absolute Gasteiger partial charge is 0.273 e. The first-order chi connectivity index (χ1) is 18.4. The molecule has 0 aliphatic heterocycles. The van der Waals surface area contributed by atoms with E-state index >= 15 is 0 Å². The number of fused-ring (bicyclic) bond motifs is 1. The van der Waals surface area contributed by atoms with Gasteiger partial charge in [-0.15, -0.1) is 0 Å². The van der Waals surface area contributed by atoms with Crippen LogP contribution >= 0.6 is 0 Å². The molecule has 4 aromatic rings. The maximum Gasteiger partial charge on any atom is 0.273 e. The molecule has 0 aliphatic carbocycles. The van der Waals surface area contributed by atoms with E-state index in [-0.39, 0.29) is 11.7 Å². The fourth-order valence-electron chi connectivity index (χ4n) is 4.62. The first-order valence-corrected chi connectivity index (χ1v) is 13.0. The van der Waals surface area contributed by atoms with Crippen molar-refractivity contribution in [1.82, 2.24) is 35.3 Å². The highest BCUT2D eigenvalue weighted by Gasteiger charge is 2.21. The molecule has 3 N–H and O–H groups in total. The molecule has 0 saturated carbocycles. The van der Waals surface area contributed by atoms with Crippen LogP contribution < -0.4 is 10.6 Å². The fraction of sp³-hybridized carbons (Fsp3) is 0.379. The van der Waals surface area contributed by atoms with Crippen LogP contribution in [0.1, 0.15) is 46.2 Å². The Bertz CT molecular complexity index is 1430. The minimum absolute atomic E-state index is 0.197. The van der Waals surface area contributed by atoms with Gasteiger partial charge in [0, 0.05) is 48.9 Å². The van der Waals surface area contributed by atoms with Crippen LogP contribution in [-0.2, 0) is 26.1 Å². The number of benzene rings is 2. The molecule has 0 atom stereocenters. The van der Waals surface area contributed by atoms with Crippen LogP contribution in [0, 0.1) is 6.92 Å². The largest absolute Gasteiger partial charge is 0.508 e. The number of aromatic hydroxyl groups is 1. The van der Waals surface area contributed by atoms with E-state index in [0.29, 0.717) is 41.1 Å². The van der Waals surface area contributed by atoms with E-state index in [0.717, 1.165) is 48.3 Å². The zero-order valence-corrected chi connectivity index (χ0v) is 22.9. The summed E-state index contributed by atoms with van der Waals surface area (Å²) >= 11 is 0. The van der Waals surface area contributed by atoms with Crippen molar-refractivity contribution in [2.75, 3.05) is 27.7 Å². The van der Waals surface area contributed by atoms with Crippen molar-refractivity contribution in [3.05, 3.63) is 70.7 Å². The van der Waals surface area contributed by atoms with E-state index in [2.05, 4.69) is 15.7 Å². The topological polar surface area (TPSA) is 108 Å². The summed E-state index contributed by atoms with van der Waals surface area (Å²) in [7, 11) is 5.58. The van der Waals surface area contributed by atoms with E-state index in [9.17, 15) is 9.90 Å². The second kappa shape index (κ2) is 12.1. The van der Waals surface area contributed by atoms with E-state index in [1.165, 1.54) is 0 Å². The van der Waals surface area contributed by atoms with Gasteiger partial charge in [-0.05, 0) is 76.7 Å². The highest BCUT2D eigenvalue weighted by atomic mass is 16.3. The van der Waals surface area contributed by atoms with Crippen molar-refractivity contribution in [3.63, 3.8) is 0 Å². The lowest BCUT2D eigenvalue weighted by Gasteiger charge is -2.18. The third-order valence-corrected chi connectivity index (χ3v) is 6.82. The Hall–Kier alpha value is -3.82. The van der Waals surface area contributed by atoms with Crippen LogP contribution in [0.5, 0.6) is 5.75 Å². The lowest BCUT2D eigenvalue weighted by Crippen LogP contribution is -2.28. The molecule has 0 fully saturated rings. The normalized spacial score (nSPS) is 11.3. The quantitative estimate of drug-likeness (QED) is 0.262. The van der Waals surface area contributed by atoms with E-state index in [1.54, 1.807) is 18.0 Å². The third-order valence-electron chi connectivity index (χ3n) is 6.82. The SMILES string of the molecule is CCn1ncc(CN(C)C(=O)c2nc(-c3ccc(CCCNC)c(O)c3)nc3ccc(CNC)cc23)c1C. The average Bonchev–Trinajstić information content (AvgIpc) is 3.27. The summed E-state index contributed by atoms with van der Waals surface area (Å²) in [4.78, 5) is 25.0. The van der Waals surface area contributed by atoms with Gasteiger partial charge in [0.05, 0.1) is 11.7 Å². The molecule has 1 amide bonds. The minimum Gasteiger partial charge on any atom is -0.508 e. The molecule has 0 saturated heterocycles. The van der Waals surface area contributed by atoms with E-state index in [1.807, 2.05) is 69.2 Å². The highest BCUT2D eigenvalue weighted by Crippen LogP contribution is 2.28. The summed E-state index contributed by atoms with van der Waals surface area (Å²) in [5.41, 5.74) is 5.63. The van der Waals surface area contributed by atoms with Crippen LogP contribution in [0.4, 0.5) is 0 Å². The van der Waals surface area contributed by atoms with Gasteiger partial charge in [0.2, 0.25) is 0 Å². The van der Waals surface area contributed by atoms with Crippen molar-refractivity contribution >= 4 is 16.8 Å². The number of hydrogen-bond donors (Lipinski definition) is 3. The number of rotatable bonds is 11. The summed E-state index contributed by atoms with van der Waals surface area (Å²) in [6.07, 6.45) is 3.51. The number of phenols is 1. The van der Waals surface area contributed by atoms with Gasteiger partial charge in [-0.3, -0.25) is 9.48 Å². The van der Waals surface area contributed by atoms with Gasteiger partial charge in [0.1, 0.15) is 11.4 Å². The first kappa shape index (κ1) is 27.2. The molecule has 0 spiro atoms. The number of hydrogen-bond acceptors (Lipinski definition) is 7. The molecular weight excluding hydrogens is 478 g/mol. The van der Waals surface area contributed by atoms with Crippen molar-refractivity contribution < 1.29 is 9.90 Å². The zero-order valence-electron chi connectivity index (χ0n) is 22.9. The van der Waals surface area contributed by atoms with Gasteiger partial charge in [0.25, 0.3) is 5.91 Å². The predicted molar refractivity (Wildman–Crippen MR) is 150 cm³/mol. The Labute approximate surface area is 223 Å². The number of carbonyl (C=O) groups is 1. The van der Waals surface area contributed by atoms with Gasteiger partial charge < -0.3 is 20.6 Å². The molecule has 0 bridgehead atoms. The van der Waals surface area contributed by atoms with E-state index < -0.39 is 0 Å². The highest BCUT2D eigenvalue weighted by molar-refractivity contribution is 6.05. The van der Waals surface area contributed by atoms with Crippen LogP contribution in [-0.4, -0.2) is 63.3 Å². The van der Waals surface area contributed by atoms with Gasteiger partial charge in [-0.25, -0.2) is 9.97 Å². The van der Waals surface area contributed by atoms with Crippen LogP contribution in [0.2, 0.25) is 0 Å². The number of amides is 1. The molecule has 0 radical (unpaired) electrons. The Morgan fingerprint density at radius 3 is 2.58 bits per heavy atom. The summed E-state index contributed by atoms with van der Waals surface area (Å²) < 4.78 is 1.92. The lowest BCUT2D eigenvalue weighted by molar-refractivity contribution is 0.0781. The maximum absolute atomic E-state index is 13.8. The molecule has 9 heteroatoms. The Morgan fingerprint density at radius 2 is 1.89 bits per heavy atom. The third kappa shape index (κ3) is 5.84. The predicted octanol–water partition coefficient (Wildman–Crippen LogP) is 3.67. The summed E-state index contributed by atoms with van der Waals surface area (Å²) in [6, 6.07) is 11.4. The molecule has 2 aromatic carbocycles. The summed E-state index contributed by atoms with van der Waals surface area (Å²) in [5.74, 6) is 0.416. The number of phenolic OH excluding ortho intramolecular Hbond substituents is 1. The molecule has 38 heavy (non-hydrogen) atoms. The van der Waals surface area contributed by atoms with Gasteiger partial charge >= 0.3 is 0 Å². The number of aromatic nitrogens is 4. The number of carbonyl (C=O) groups excluding carboxylic acids is 1. The molecule has 2 aromatic heterocycles. The molecular formula is C29H37N7O2. The fourth-order valence-corrected chi connectivity index (χ4v) is 4.62. The second-order valence-electron chi connectivity index (χ2n) is 9.56. The number of aryl methyl sites for hydroxylation is 2. The molecule has 2 heterocycles. The molecule has 0 unspecified atom stereocenters. The van der Waals surface area contributed by atoms with Gasteiger partial charge in [-0.2, -0.15) is 5.10 Å². The Balaban J connectivity index is 1.73. The average molecular weight is 516 g/mol. The first-order valence-electron chi connectivity index (χ1n) is 13.0. The standard InChI is InChI=1S/C29H37N7O2/c1-6-36-19(2)23(17-32-36)18-35(5)29(38)27-24-14-20(16-31-4)9-12-25(24)33-28(34-27)22-11-10-21(26(37)15-22)8-7-13-30-3/h9-12,14-15,17,30-31,37H,6-8,13,16,18H2,1-5H3. The van der Waals surface area contributed by atoms with Crippen molar-refractivity contribution in [3.8, 4) is 17.1 Å². The summed E-state index contributed by atoms with van der Waals surface area (Å²) in [5, 5.41) is 22.1. The van der Waals surface area contributed by atoms with E-state index in [4.69, 9.17) is 9.97 Å². The Kier molecular flexibility index (Phi) is 8.70. The van der Waals surface area contributed by atoms with Crippen molar-refractivity contribution in [2.24, 2.45) is 0 Å². The van der Waals surface area contributed by atoms with Gasteiger partial charge in [0.15, 0.2) is 5.82 Å². The molecule has 0 aliphatic rings. The van der Waals surface area contributed by atoms with Crippen LogP contribution in [0.15, 0.2) is 42.6 Å². The maximum atomic E-state index is 13.8. The summed E-state index contributed by atoms with van der Waals surface area (Å²) in [6.45, 7) is 6.80. The van der Waals surface area contributed by atoms with Crippen LogP contribution in [0.25, 0.3) is 22.3 Å². The molecule has 200 valence electrons. The Morgan fingerprint density at radius 1 is 1.08 bits per heavy atom. The lowest BCUT2D eigenvalue weighted by atomic mass is 10.0. The number of nitrogens with zero attached hydrogens (tertiary/aromatic N) is 5. The van der Waals surface area contributed by atoms with Crippen molar-refractivity contribution in [1.29, 1.82) is 0 Å².